The highest BCUT2D eigenvalue weighted by Gasteiger charge is 2.27. The molecule has 0 aliphatic heterocycles. The first-order chi connectivity index (χ1) is 14.5. The first kappa shape index (κ1) is 20.1. The van der Waals surface area contributed by atoms with Crippen molar-refractivity contribution in [3.8, 4) is 22.8 Å². The number of hydrogen-bond acceptors (Lipinski definition) is 6. The van der Waals surface area contributed by atoms with Crippen molar-refractivity contribution in [2.45, 2.75) is 19.1 Å². The van der Waals surface area contributed by atoms with E-state index in [1.807, 2.05) is 0 Å². The molecule has 1 aromatic heterocycles. The number of halogens is 2. The Morgan fingerprint density at radius 2 is 2.00 bits per heavy atom. The van der Waals surface area contributed by atoms with E-state index in [9.17, 15) is 13.9 Å². The number of nitrogens with one attached hydrogen (secondary N) is 2. The Kier molecular flexibility index (Phi) is 5.56. The van der Waals surface area contributed by atoms with Crippen LogP contribution in [-0.2, 0) is 13.0 Å². The second-order valence-corrected chi connectivity index (χ2v) is 6.96. The van der Waals surface area contributed by atoms with Gasteiger partial charge in [-0.2, -0.15) is 5.10 Å². The van der Waals surface area contributed by atoms with Crippen molar-refractivity contribution < 1.29 is 28.5 Å². The highest BCUT2D eigenvalue weighted by Crippen LogP contribution is 2.44. The van der Waals surface area contributed by atoms with Crippen LogP contribution in [-0.4, -0.2) is 46.8 Å². The smallest absolute Gasteiger partial charge is 0.161 e. The number of aromatic nitrogens is 2. The fourth-order valence-corrected chi connectivity index (χ4v) is 3.45. The summed E-state index contributed by atoms with van der Waals surface area (Å²) in [7, 11) is 1.51. The molecule has 1 aliphatic rings. The zero-order valence-corrected chi connectivity index (χ0v) is 16.2. The number of rotatable bonds is 8. The van der Waals surface area contributed by atoms with E-state index in [1.165, 1.54) is 25.3 Å². The molecule has 30 heavy (non-hydrogen) atoms. The van der Waals surface area contributed by atoms with Gasteiger partial charge in [0.25, 0.3) is 0 Å². The lowest BCUT2D eigenvalue weighted by Crippen LogP contribution is -2.21. The summed E-state index contributed by atoms with van der Waals surface area (Å²) in [6.45, 7) is -0.502. The number of H-pyrrole nitrogens is 1. The highest BCUT2D eigenvalue weighted by atomic mass is 19.1. The minimum absolute atomic E-state index is 0.0276. The summed E-state index contributed by atoms with van der Waals surface area (Å²) in [6, 6.07) is 7.36. The van der Waals surface area contributed by atoms with Crippen molar-refractivity contribution in [1.29, 1.82) is 0 Å². The van der Waals surface area contributed by atoms with E-state index in [0.717, 1.165) is 22.4 Å². The van der Waals surface area contributed by atoms with Gasteiger partial charge in [0.2, 0.25) is 0 Å². The summed E-state index contributed by atoms with van der Waals surface area (Å²) in [5, 5.41) is 28.7. The van der Waals surface area contributed by atoms with Crippen molar-refractivity contribution in [2.24, 2.45) is 0 Å². The van der Waals surface area contributed by atoms with Gasteiger partial charge in [-0.05, 0) is 29.8 Å². The van der Waals surface area contributed by atoms with Crippen molar-refractivity contribution in [3.05, 3.63) is 58.7 Å². The molecule has 9 heteroatoms. The molecule has 0 saturated carbocycles. The normalized spacial score (nSPS) is 13.0. The van der Waals surface area contributed by atoms with Crippen molar-refractivity contribution in [3.63, 3.8) is 0 Å². The molecule has 1 aliphatic carbocycles. The predicted molar refractivity (Wildman–Crippen MR) is 106 cm³/mol. The molecule has 4 N–H and O–H groups in total. The van der Waals surface area contributed by atoms with Gasteiger partial charge in [-0.25, -0.2) is 8.78 Å². The Bertz CT molecular complexity index is 1050. The molecule has 1 unspecified atom stereocenters. The monoisotopic (exact) mass is 417 g/mol. The van der Waals surface area contributed by atoms with E-state index in [-0.39, 0.29) is 18.7 Å². The first-order valence-corrected chi connectivity index (χ1v) is 9.38. The summed E-state index contributed by atoms with van der Waals surface area (Å²) in [4.78, 5) is 0. The van der Waals surface area contributed by atoms with Crippen LogP contribution in [0.3, 0.4) is 0 Å². The maximum atomic E-state index is 13.9. The third kappa shape index (κ3) is 3.69. The summed E-state index contributed by atoms with van der Waals surface area (Å²) < 4.78 is 38.7. The van der Waals surface area contributed by atoms with Crippen molar-refractivity contribution in [1.82, 2.24) is 10.2 Å². The molecule has 0 spiro atoms. The minimum atomic E-state index is -0.992. The number of nitrogens with zero attached hydrogens (tertiary/aromatic N) is 1. The van der Waals surface area contributed by atoms with Gasteiger partial charge in [0, 0.05) is 29.7 Å². The van der Waals surface area contributed by atoms with Crippen LogP contribution in [0.1, 0.15) is 16.7 Å². The third-order valence-electron chi connectivity index (χ3n) is 5.02. The molecule has 1 atom stereocenters. The van der Waals surface area contributed by atoms with E-state index in [4.69, 9.17) is 14.6 Å². The van der Waals surface area contributed by atoms with Gasteiger partial charge in [0.15, 0.2) is 11.5 Å². The number of hydrogen-bond donors (Lipinski definition) is 4. The molecule has 2 aromatic carbocycles. The molecule has 158 valence electrons. The van der Waals surface area contributed by atoms with Gasteiger partial charge in [0.1, 0.15) is 30.2 Å². The van der Waals surface area contributed by atoms with Gasteiger partial charge in [-0.3, -0.25) is 5.10 Å². The second kappa shape index (κ2) is 8.29. The maximum Gasteiger partial charge on any atom is 0.161 e. The molecule has 7 nitrogen and oxygen atoms in total. The Morgan fingerprint density at radius 3 is 2.70 bits per heavy atom. The van der Waals surface area contributed by atoms with E-state index < -0.39 is 24.3 Å². The van der Waals surface area contributed by atoms with E-state index >= 15 is 0 Å². The van der Waals surface area contributed by atoms with Gasteiger partial charge in [-0.15, -0.1) is 0 Å². The van der Waals surface area contributed by atoms with Crippen molar-refractivity contribution >= 4 is 5.82 Å². The van der Waals surface area contributed by atoms with Crippen LogP contribution in [0.15, 0.2) is 30.3 Å². The zero-order valence-electron chi connectivity index (χ0n) is 16.2. The lowest BCUT2D eigenvalue weighted by atomic mass is 10.1. The Labute approximate surface area is 171 Å². The molecular formula is C21H21F2N3O4. The van der Waals surface area contributed by atoms with E-state index in [2.05, 4.69) is 15.5 Å². The molecule has 0 fully saturated rings. The topological polar surface area (TPSA) is 99.6 Å². The summed E-state index contributed by atoms with van der Waals surface area (Å²) in [6.07, 6.45) is -0.459. The quantitative estimate of drug-likeness (QED) is 0.352. The summed E-state index contributed by atoms with van der Waals surface area (Å²) >= 11 is 0. The second-order valence-electron chi connectivity index (χ2n) is 6.96. The lowest BCUT2D eigenvalue weighted by Gasteiger charge is -2.14. The fraction of sp³-hybridized carbons (Fsp3) is 0.286. The Hall–Kier alpha value is -3.17. The van der Waals surface area contributed by atoms with Crippen LogP contribution >= 0.6 is 0 Å². The largest absolute Gasteiger partial charge is 0.493 e. The minimum Gasteiger partial charge on any atom is -0.493 e. The summed E-state index contributed by atoms with van der Waals surface area (Å²) in [5.74, 6) is 0.275. The average molecular weight is 417 g/mol. The molecule has 3 aromatic rings. The average Bonchev–Trinajstić information content (AvgIpc) is 3.29. The van der Waals surface area contributed by atoms with Crippen LogP contribution in [0.25, 0.3) is 11.3 Å². The first-order valence-electron chi connectivity index (χ1n) is 9.38. The molecule has 0 amide bonds. The molecule has 4 rings (SSSR count). The third-order valence-corrected chi connectivity index (χ3v) is 5.02. The van der Waals surface area contributed by atoms with Crippen LogP contribution in [0.2, 0.25) is 0 Å². The fourth-order valence-electron chi connectivity index (χ4n) is 3.45. The number of aromatic amines is 1. The molecule has 0 bridgehead atoms. The number of benzene rings is 2. The molecule has 1 heterocycles. The van der Waals surface area contributed by atoms with Crippen molar-refractivity contribution in [2.75, 3.05) is 25.6 Å². The number of methoxy groups -OCH3 is 1. The Morgan fingerprint density at radius 1 is 1.23 bits per heavy atom. The standard InChI is InChI=1S/C21H21F2N3O4/c1-29-18-7-13-11(6-19(18)30-10-12(28)9-27)5-14-20(13)25-26-21(14)24-8-15-16(22)3-2-4-17(15)23/h2-4,6-7,12,27-28H,5,8-10H2,1H3,(H2,24,25,26). The van der Waals surface area contributed by atoms with Crippen LogP contribution < -0.4 is 14.8 Å². The number of anilines is 1. The molecule has 0 radical (unpaired) electrons. The van der Waals surface area contributed by atoms with Gasteiger partial charge >= 0.3 is 0 Å². The summed E-state index contributed by atoms with van der Waals surface area (Å²) in [5.41, 5.74) is 3.35. The molecular weight excluding hydrogens is 396 g/mol. The number of ether oxygens (including phenoxy) is 2. The SMILES string of the molecule is COc1cc2c(cc1OCC(O)CO)Cc1c-2n[nH]c1NCc1c(F)cccc1F. The van der Waals surface area contributed by atoms with Gasteiger partial charge in [0.05, 0.1) is 19.4 Å². The van der Waals surface area contributed by atoms with Crippen LogP contribution in [0.5, 0.6) is 11.5 Å². The van der Waals surface area contributed by atoms with Gasteiger partial charge < -0.3 is 25.0 Å². The number of aliphatic hydroxyl groups is 2. The number of aliphatic hydroxyl groups excluding tert-OH is 2. The lowest BCUT2D eigenvalue weighted by molar-refractivity contribution is 0.0527. The Balaban J connectivity index is 1.56. The van der Waals surface area contributed by atoms with Gasteiger partial charge in [-0.1, -0.05) is 6.07 Å². The van der Waals surface area contributed by atoms with Crippen LogP contribution in [0, 0.1) is 11.6 Å². The predicted octanol–water partition coefficient (Wildman–Crippen LogP) is 2.61. The highest BCUT2D eigenvalue weighted by molar-refractivity contribution is 5.80. The number of fused-ring (bicyclic) bond motifs is 3. The van der Waals surface area contributed by atoms with E-state index in [0.29, 0.717) is 23.7 Å². The zero-order chi connectivity index (χ0) is 21.3. The van der Waals surface area contributed by atoms with E-state index in [1.54, 1.807) is 12.1 Å². The molecule has 0 saturated heterocycles. The maximum absolute atomic E-state index is 13.9. The van der Waals surface area contributed by atoms with Crippen LogP contribution in [0.4, 0.5) is 14.6 Å².